The fraction of sp³-hybridized carbons (Fsp3) is 0.333. The van der Waals surface area contributed by atoms with Gasteiger partial charge in [-0.15, -0.1) is 0 Å². The molecule has 5 heteroatoms. The van der Waals surface area contributed by atoms with Gasteiger partial charge in [0.2, 0.25) is 5.91 Å². The topological polar surface area (TPSA) is 66.8 Å². The van der Waals surface area contributed by atoms with Gasteiger partial charge in [0.05, 0.1) is 12.2 Å². The molecule has 0 heterocycles. The van der Waals surface area contributed by atoms with Gasteiger partial charge >= 0.3 is 5.97 Å². The van der Waals surface area contributed by atoms with Gasteiger partial charge in [0.15, 0.2) is 0 Å². The molecule has 2 aromatic rings. The lowest BCUT2D eigenvalue weighted by Crippen LogP contribution is -2.41. The van der Waals surface area contributed by atoms with Gasteiger partial charge in [0, 0.05) is 23.7 Å². The average Bonchev–Trinajstić information content (AvgIpc) is 2.67. The van der Waals surface area contributed by atoms with Crippen LogP contribution in [-0.4, -0.2) is 40.6 Å². The fourth-order valence-electron chi connectivity index (χ4n) is 3.33. The lowest BCUT2D eigenvalue weighted by molar-refractivity contribution is -0.129. The summed E-state index contributed by atoms with van der Waals surface area (Å²) in [6, 6.07) is 13.9. The van der Waals surface area contributed by atoms with Crippen LogP contribution >= 0.6 is 0 Å². The van der Waals surface area contributed by atoms with Crippen LogP contribution < -0.4 is 0 Å². The van der Waals surface area contributed by atoms with Gasteiger partial charge in [-0.2, -0.15) is 0 Å². The molecule has 0 fully saturated rings. The molecule has 0 spiro atoms. The molecule has 0 aliphatic heterocycles. The van der Waals surface area contributed by atoms with E-state index in [0.29, 0.717) is 16.7 Å². The molecule has 0 radical (unpaired) electrons. The van der Waals surface area contributed by atoms with Crippen molar-refractivity contribution in [3.8, 4) is 5.75 Å². The zero-order chi connectivity index (χ0) is 21.6. The van der Waals surface area contributed by atoms with E-state index in [1.807, 2.05) is 58.0 Å². The zero-order valence-electron chi connectivity index (χ0n) is 17.7. The molecule has 0 unspecified atom stereocenters. The number of phenolic OH excluding ortho intramolecular Hbond substituents is 1. The monoisotopic (exact) mass is 395 g/mol. The maximum atomic E-state index is 13.1. The second-order valence-corrected chi connectivity index (χ2v) is 7.31. The number of carbonyl (C=O) groups excluding carboxylic acids is 2. The van der Waals surface area contributed by atoms with Crippen molar-refractivity contribution < 1.29 is 19.4 Å². The van der Waals surface area contributed by atoms with Crippen LogP contribution in [0.1, 0.15) is 56.1 Å². The van der Waals surface area contributed by atoms with Crippen LogP contribution in [0.3, 0.4) is 0 Å². The minimum absolute atomic E-state index is 0.0124. The van der Waals surface area contributed by atoms with E-state index in [4.69, 9.17) is 4.74 Å². The van der Waals surface area contributed by atoms with Crippen molar-refractivity contribution in [3.63, 3.8) is 0 Å². The summed E-state index contributed by atoms with van der Waals surface area (Å²) in [5.41, 5.74) is 2.04. The summed E-state index contributed by atoms with van der Waals surface area (Å²) in [6.45, 7) is 9.85. The summed E-state index contributed by atoms with van der Waals surface area (Å²) in [4.78, 5) is 27.0. The number of phenols is 1. The van der Waals surface area contributed by atoms with Gasteiger partial charge in [-0.25, -0.2) is 4.79 Å². The van der Waals surface area contributed by atoms with E-state index in [-0.39, 0.29) is 30.3 Å². The second-order valence-electron chi connectivity index (χ2n) is 7.31. The minimum Gasteiger partial charge on any atom is -0.507 e. The first kappa shape index (κ1) is 22.2. The van der Waals surface area contributed by atoms with Gasteiger partial charge in [0.25, 0.3) is 0 Å². The van der Waals surface area contributed by atoms with Crippen molar-refractivity contribution in [2.24, 2.45) is 0 Å². The van der Waals surface area contributed by atoms with Crippen molar-refractivity contribution in [2.45, 2.75) is 46.7 Å². The Morgan fingerprint density at radius 2 is 1.62 bits per heavy atom. The van der Waals surface area contributed by atoms with E-state index in [9.17, 15) is 14.7 Å². The van der Waals surface area contributed by atoms with Crippen LogP contribution in [0, 0.1) is 0 Å². The quantitative estimate of drug-likeness (QED) is 0.548. The predicted octanol–water partition coefficient (Wildman–Crippen LogP) is 4.65. The minimum atomic E-state index is -0.474. The molecule has 0 aliphatic carbocycles. The Morgan fingerprint density at radius 1 is 1.00 bits per heavy atom. The molecule has 1 amide bonds. The number of hydrogen-bond acceptors (Lipinski definition) is 4. The van der Waals surface area contributed by atoms with Crippen LogP contribution in [0.25, 0.3) is 5.57 Å². The van der Waals surface area contributed by atoms with Crippen molar-refractivity contribution >= 4 is 17.4 Å². The molecule has 1 N–H and O–H groups in total. The standard InChI is InChI=1S/C24H29NO4/c1-6-29-24(28)19-12-13-22(26)21(14-19)20(18-10-8-7-9-11-18)15-23(27)25(16(2)3)17(4)5/h7-17,26H,6H2,1-5H3. The Hall–Kier alpha value is -3.08. The fourth-order valence-corrected chi connectivity index (χ4v) is 3.33. The average molecular weight is 395 g/mol. The van der Waals surface area contributed by atoms with E-state index < -0.39 is 5.97 Å². The molecule has 0 aromatic heterocycles. The third kappa shape index (κ3) is 5.47. The lowest BCUT2D eigenvalue weighted by Gasteiger charge is -2.30. The highest BCUT2D eigenvalue weighted by Gasteiger charge is 2.21. The van der Waals surface area contributed by atoms with Gasteiger partial charge < -0.3 is 14.7 Å². The summed E-state index contributed by atoms with van der Waals surface area (Å²) < 4.78 is 5.08. The number of amides is 1. The van der Waals surface area contributed by atoms with Crippen LogP contribution in [-0.2, 0) is 9.53 Å². The van der Waals surface area contributed by atoms with Crippen LogP contribution in [0.5, 0.6) is 5.75 Å². The second kappa shape index (κ2) is 9.92. The third-order valence-electron chi connectivity index (χ3n) is 4.52. The van der Waals surface area contributed by atoms with Gasteiger partial charge in [0.1, 0.15) is 5.75 Å². The summed E-state index contributed by atoms with van der Waals surface area (Å²) in [5, 5.41) is 10.5. The van der Waals surface area contributed by atoms with E-state index >= 15 is 0 Å². The number of rotatable bonds is 7. The van der Waals surface area contributed by atoms with E-state index in [0.717, 1.165) is 5.56 Å². The van der Waals surface area contributed by atoms with E-state index in [2.05, 4.69) is 0 Å². The smallest absolute Gasteiger partial charge is 0.338 e. The summed E-state index contributed by atoms with van der Waals surface area (Å²) in [6.07, 6.45) is 1.53. The molecule has 2 aromatic carbocycles. The Bertz CT molecular complexity index is 877. The van der Waals surface area contributed by atoms with Crippen molar-refractivity contribution in [2.75, 3.05) is 6.61 Å². The number of aromatic hydroxyl groups is 1. The molecule has 0 aliphatic rings. The first-order chi connectivity index (χ1) is 13.8. The van der Waals surface area contributed by atoms with Crippen molar-refractivity contribution in [1.82, 2.24) is 4.90 Å². The highest BCUT2D eigenvalue weighted by Crippen LogP contribution is 2.32. The molecule has 5 nitrogen and oxygen atoms in total. The normalized spacial score (nSPS) is 11.6. The molecule has 0 atom stereocenters. The first-order valence-electron chi connectivity index (χ1n) is 9.86. The Labute approximate surface area is 172 Å². The van der Waals surface area contributed by atoms with Crippen LogP contribution in [0.2, 0.25) is 0 Å². The third-order valence-corrected chi connectivity index (χ3v) is 4.52. The van der Waals surface area contributed by atoms with E-state index in [1.165, 1.54) is 18.2 Å². The molecular formula is C24H29NO4. The van der Waals surface area contributed by atoms with Gasteiger partial charge in [-0.3, -0.25) is 4.79 Å². The Balaban J connectivity index is 2.63. The number of nitrogens with zero attached hydrogens (tertiary/aromatic N) is 1. The molecule has 154 valence electrons. The highest BCUT2D eigenvalue weighted by molar-refractivity contribution is 6.01. The molecule has 0 saturated heterocycles. The molecule has 29 heavy (non-hydrogen) atoms. The van der Waals surface area contributed by atoms with Gasteiger partial charge in [-0.05, 0) is 64.0 Å². The maximum absolute atomic E-state index is 13.1. The van der Waals surface area contributed by atoms with Crippen LogP contribution in [0.4, 0.5) is 0 Å². The summed E-state index contributed by atoms with van der Waals surface area (Å²) >= 11 is 0. The number of esters is 1. The SMILES string of the molecule is CCOC(=O)c1ccc(O)c(C(=CC(=O)N(C(C)C)C(C)C)c2ccccc2)c1. The molecule has 0 saturated carbocycles. The predicted molar refractivity (Wildman–Crippen MR) is 115 cm³/mol. The lowest BCUT2D eigenvalue weighted by atomic mass is 9.94. The number of hydrogen-bond donors (Lipinski definition) is 1. The molecule has 2 rings (SSSR count). The maximum Gasteiger partial charge on any atom is 0.338 e. The van der Waals surface area contributed by atoms with Crippen LogP contribution in [0.15, 0.2) is 54.6 Å². The Morgan fingerprint density at radius 3 is 2.17 bits per heavy atom. The summed E-state index contributed by atoms with van der Waals surface area (Å²) in [7, 11) is 0. The molecule has 0 bridgehead atoms. The Kier molecular flexibility index (Phi) is 7.59. The number of benzene rings is 2. The number of ether oxygens (including phenoxy) is 1. The number of carbonyl (C=O) groups is 2. The zero-order valence-corrected chi connectivity index (χ0v) is 17.7. The van der Waals surface area contributed by atoms with E-state index in [1.54, 1.807) is 17.9 Å². The largest absolute Gasteiger partial charge is 0.507 e. The highest BCUT2D eigenvalue weighted by atomic mass is 16.5. The summed E-state index contributed by atoms with van der Waals surface area (Å²) in [5.74, 6) is -0.644. The molecular weight excluding hydrogens is 366 g/mol. The van der Waals surface area contributed by atoms with Crippen molar-refractivity contribution in [1.29, 1.82) is 0 Å². The van der Waals surface area contributed by atoms with Crippen molar-refractivity contribution in [3.05, 3.63) is 71.3 Å². The van der Waals surface area contributed by atoms with Gasteiger partial charge in [-0.1, -0.05) is 30.3 Å². The first-order valence-corrected chi connectivity index (χ1v) is 9.86.